The summed E-state index contributed by atoms with van der Waals surface area (Å²) < 4.78 is 1.81. The third-order valence-electron chi connectivity index (χ3n) is 5.77. The molecular weight excluding hydrogens is 360 g/mol. The van der Waals surface area contributed by atoms with Crippen molar-refractivity contribution in [1.29, 1.82) is 0 Å². The van der Waals surface area contributed by atoms with Crippen molar-refractivity contribution in [3.8, 4) is 11.1 Å². The molecule has 0 saturated heterocycles. The molecule has 0 aliphatic carbocycles. The summed E-state index contributed by atoms with van der Waals surface area (Å²) in [5.41, 5.74) is 7.77. The van der Waals surface area contributed by atoms with Gasteiger partial charge in [-0.3, -0.25) is 4.79 Å². The van der Waals surface area contributed by atoms with Crippen molar-refractivity contribution in [3.63, 3.8) is 0 Å². The average molecular weight is 382 g/mol. The first-order valence-electron chi connectivity index (χ1n) is 9.90. The molecule has 1 aliphatic heterocycles. The molecule has 5 heteroatoms. The summed E-state index contributed by atoms with van der Waals surface area (Å²) in [6, 6.07) is 18.5. The maximum atomic E-state index is 13.3. The van der Waals surface area contributed by atoms with Crippen molar-refractivity contribution in [3.05, 3.63) is 88.9 Å². The Labute approximate surface area is 169 Å². The van der Waals surface area contributed by atoms with Gasteiger partial charge in [-0.25, -0.2) is 9.50 Å². The number of amides is 1. The van der Waals surface area contributed by atoms with Crippen LogP contribution >= 0.6 is 0 Å². The van der Waals surface area contributed by atoms with E-state index in [0.29, 0.717) is 12.1 Å². The fourth-order valence-corrected chi connectivity index (χ4v) is 4.19. The minimum atomic E-state index is 0.0146. The van der Waals surface area contributed by atoms with Gasteiger partial charge in [0.1, 0.15) is 0 Å². The summed E-state index contributed by atoms with van der Waals surface area (Å²) in [4.78, 5) is 19.8. The first kappa shape index (κ1) is 17.6. The number of hydrogen-bond acceptors (Lipinski definition) is 3. The van der Waals surface area contributed by atoms with Crippen LogP contribution in [0, 0.1) is 13.8 Å². The van der Waals surface area contributed by atoms with Crippen molar-refractivity contribution >= 4 is 11.6 Å². The zero-order valence-electron chi connectivity index (χ0n) is 16.6. The Morgan fingerprint density at radius 1 is 0.966 bits per heavy atom. The minimum absolute atomic E-state index is 0.0146. The minimum Gasteiger partial charge on any atom is -0.334 e. The van der Waals surface area contributed by atoms with Gasteiger partial charge in [0.05, 0.1) is 17.0 Å². The highest BCUT2D eigenvalue weighted by Crippen LogP contribution is 2.28. The number of benzene rings is 2. The van der Waals surface area contributed by atoms with Crippen LogP contribution in [-0.4, -0.2) is 31.9 Å². The van der Waals surface area contributed by atoms with Gasteiger partial charge in [0.25, 0.3) is 5.91 Å². The first-order valence-corrected chi connectivity index (χ1v) is 9.90. The molecule has 1 aliphatic rings. The molecule has 29 heavy (non-hydrogen) atoms. The fraction of sp³-hybridized carbons (Fsp3) is 0.208. The van der Waals surface area contributed by atoms with E-state index in [4.69, 9.17) is 5.10 Å². The number of nitrogens with zero attached hydrogens (tertiary/aromatic N) is 4. The predicted octanol–water partition coefficient (Wildman–Crippen LogP) is 4.21. The lowest BCUT2D eigenvalue weighted by Crippen LogP contribution is -2.36. The maximum absolute atomic E-state index is 13.3. The third kappa shape index (κ3) is 2.90. The third-order valence-corrected chi connectivity index (χ3v) is 5.77. The quantitative estimate of drug-likeness (QED) is 0.522. The van der Waals surface area contributed by atoms with Gasteiger partial charge in [-0.2, -0.15) is 5.10 Å². The van der Waals surface area contributed by atoms with Crippen LogP contribution in [0.15, 0.2) is 60.8 Å². The molecule has 0 radical (unpaired) electrons. The number of carbonyl (C=O) groups excluding carboxylic acids is 1. The Balaban J connectivity index is 1.54. The van der Waals surface area contributed by atoms with E-state index >= 15 is 0 Å². The number of rotatable bonds is 2. The summed E-state index contributed by atoms with van der Waals surface area (Å²) in [5.74, 6) is 0.0146. The van der Waals surface area contributed by atoms with E-state index in [2.05, 4.69) is 35.3 Å². The van der Waals surface area contributed by atoms with Gasteiger partial charge < -0.3 is 4.90 Å². The SMILES string of the molecule is Cc1nn2c(C)c(C(=O)N3CCc4ccccc4C3)cnc2c1-c1ccccc1. The van der Waals surface area contributed by atoms with Gasteiger partial charge in [-0.15, -0.1) is 0 Å². The van der Waals surface area contributed by atoms with Crippen molar-refractivity contribution in [2.24, 2.45) is 0 Å². The van der Waals surface area contributed by atoms with Gasteiger partial charge >= 0.3 is 0 Å². The molecular formula is C24H22N4O. The number of aryl methyl sites for hydroxylation is 2. The Hall–Kier alpha value is -3.47. The molecule has 0 bridgehead atoms. The van der Waals surface area contributed by atoms with Crippen LogP contribution in [0.2, 0.25) is 0 Å². The van der Waals surface area contributed by atoms with Crippen LogP contribution in [0.4, 0.5) is 0 Å². The van der Waals surface area contributed by atoms with E-state index in [-0.39, 0.29) is 5.91 Å². The molecule has 0 unspecified atom stereocenters. The van der Waals surface area contributed by atoms with Gasteiger partial charge in [0.15, 0.2) is 5.65 Å². The summed E-state index contributed by atoms with van der Waals surface area (Å²) in [5, 5.41) is 4.70. The highest BCUT2D eigenvalue weighted by Gasteiger charge is 2.25. The normalized spacial score (nSPS) is 13.5. The number of aromatic nitrogens is 3. The molecule has 3 heterocycles. The highest BCUT2D eigenvalue weighted by molar-refractivity contribution is 5.95. The maximum Gasteiger partial charge on any atom is 0.257 e. The Morgan fingerprint density at radius 2 is 1.69 bits per heavy atom. The zero-order chi connectivity index (χ0) is 20.0. The molecule has 5 nitrogen and oxygen atoms in total. The Kier molecular flexibility index (Phi) is 4.16. The summed E-state index contributed by atoms with van der Waals surface area (Å²) in [7, 11) is 0. The topological polar surface area (TPSA) is 50.5 Å². The molecule has 1 amide bonds. The Bertz CT molecular complexity index is 1230. The van der Waals surface area contributed by atoms with Crippen molar-refractivity contribution < 1.29 is 4.79 Å². The zero-order valence-corrected chi connectivity index (χ0v) is 16.6. The van der Waals surface area contributed by atoms with E-state index in [1.165, 1.54) is 11.1 Å². The average Bonchev–Trinajstić information content (AvgIpc) is 3.10. The lowest BCUT2D eigenvalue weighted by atomic mass is 9.99. The van der Waals surface area contributed by atoms with E-state index in [1.54, 1.807) is 6.20 Å². The molecule has 0 fully saturated rings. The number of carbonyl (C=O) groups is 1. The monoisotopic (exact) mass is 382 g/mol. The second-order valence-electron chi connectivity index (χ2n) is 7.56. The molecule has 2 aromatic heterocycles. The number of hydrogen-bond donors (Lipinski definition) is 0. The highest BCUT2D eigenvalue weighted by atomic mass is 16.2. The molecule has 0 N–H and O–H groups in total. The van der Waals surface area contributed by atoms with Crippen LogP contribution in [0.5, 0.6) is 0 Å². The van der Waals surface area contributed by atoms with Crippen LogP contribution in [0.25, 0.3) is 16.8 Å². The van der Waals surface area contributed by atoms with E-state index in [1.807, 2.05) is 47.5 Å². The predicted molar refractivity (Wildman–Crippen MR) is 113 cm³/mol. The summed E-state index contributed by atoms with van der Waals surface area (Å²) >= 11 is 0. The lowest BCUT2D eigenvalue weighted by Gasteiger charge is -2.29. The van der Waals surface area contributed by atoms with Crippen LogP contribution in [0.1, 0.15) is 32.9 Å². The molecule has 4 aromatic rings. The smallest absolute Gasteiger partial charge is 0.257 e. The first-order chi connectivity index (χ1) is 14.1. The summed E-state index contributed by atoms with van der Waals surface area (Å²) in [6.45, 7) is 5.29. The fourth-order valence-electron chi connectivity index (χ4n) is 4.19. The largest absolute Gasteiger partial charge is 0.334 e. The van der Waals surface area contributed by atoms with E-state index in [0.717, 1.165) is 41.1 Å². The Morgan fingerprint density at radius 3 is 2.48 bits per heavy atom. The van der Waals surface area contributed by atoms with Crippen molar-refractivity contribution in [2.75, 3.05) is 6.54 Å². The second kappa shape index (κ2) is 6.85. The molecule has 144 valence electrons. The number of fused-ring (bicyclic) bond motifs is 2. The van der Waals surface area contributed by atoms with Gasteiger partial charge in [0.2, 0.25) is 0 Å². The van der Waals surface area contributed by atoms with Crippen LogP contribution in [0.3, 0.4) is 0 Å². The van der Waals surface area contributed by atoms with Crippen molar-refractivity contribution in [2.45, 2.75) is 26.8 Å². The van der Waals surface area contributed by atoms with E-state index in [9.17, 15) is 4.79 Å². The molecule has 0 saturated carbocycles. The van der Waals surface area contributed by atoms with Gasteiger partial charge in [-0.05, 0) is 37.0 Å². The molecule has 0 spiro atoms. The van der Waals surface area contributed by atoms with Gasteiger partial charge in [0, 0.05) is 24.8 Å². The molecule has 2 aromatic carbocycles. The van der Waals surface area contributed by atoms with Crippen molar-refractivity contribution in [1.82, 2.24) is 19.5 Å². The lowest BCUT2D eigenvalue weighted by molar-refractivity contribution is 0.0732. The van der Waals surface area contributed by atoms with Gasteiger partial charge in [-0.1, -0.05) is 54.6 Å². The standard InChI is InChI=1S/C24H22N4O/c1-16-22(19-9-4-3-5-10-19)23-25-14-21(17(2)28(23)26-16)24(29)27-13-12-18-8-6-7-11-20(18)15-27/h3-11,14H,12-13,15H2,1-2H3. The second-order valence-corrected chi connectivity index (χ2v) is 7.56. The van der Waals surface area contributed by atoms with E-state index < -0.39 is 0 Å². The van der Waals surface area contributed by atoms with Crippen LogP contribution in [-0.2, 0) is 13.0 Å². The van der Waals surface area contributed by atoms with Crippen LogP contribution < -0.4 is 0 Å². The molecule has 5 rings (SSSR count). The summed E-state index contributed by atoms with van der Waals surface area (Å²) in [6.07, 6.45) is 2.59. The molecule has 0 atom stereocenters.